The average Bonchev–Trinajstić information content (AvgIpc) is 3.41. The van der Waals surface area contributed by atoms with Gasteiger partial charge < -0.3 is 13.9 Å². The lowest BCUT2D eigenvalue weighted by molar-refractivity contribution is -0.109. The molecular weight excluding hydrogens is 567 g/mol. The summed E-state index contributed by atoms with van der Waals surface area (Å²) in [6.07, 6.45) is 2.83. The smallest absolute Gasteiger partial charge is 0.425 e. The van der Waals surface area contributed by atoms with E-state index in [0.29, 0.717) is 28.3 Å². The first kappa shape index (κ1) is 30.4. The van der Waals surface area contributed by atoms with E-state index in [0.717, 1.165) is 10.6 Å². The van der Waals surface area contributed by atoms with E-state index in [1.54, 1.807) is 69.4 Å². The topological polar surface area (TPSA) is 122 Å². The first-order valence-electron chi connectivity index (χ1n) is 12.0. The average molecular weight is 598 g/mol. The van der Waals surface area contributed by atoms with Crippen LogP contribution >= 0.6 is 23.2 Å². The van der Waals surface area contributed by atoms with Crippen LogP contribution in [0.5, 0.6) is 0 Å². The molecule has 2 aromatic carbocycles. The Morgan fingerprint density at radius 3 is 2.49 bits per heavy atom. The van der Waals surface area contributed by atoms with Gasteiger partial charge in [-0.2, -0.15) is 0 Å². The summed E-state index contributed by atoms with van der Waals surface area (Å²) in [5.41, 5.74) is 3.70. The second-order valence-electron chi connectivity index (χ2n) is 9.47. The van der Waals surface area contributed by atoms with Gasteiger partial charge in [-0.3, -0.25) is 4.31 Å². The van der Waals surface area contributed by atoms with Gasteiger partial charge in [-0.1, -0.05) is 35.3 Å². The van der Waals surface area contributed by atoms with Crippen molar-refractivity contribution in [3.8, 4) is 11.3 Å². The molecule has 0 fully saturated rings. The summed E-state index contributed by atoms with van der Waals surface area (Å²) in [5, 5.41) is 1.59. The van der Waals surface area contributed by atoms with Crippen LogP contribution in [0.2, 0.25) is 10.0 Å². The predicted octanol–water partition coefficient (Wildman–Crippen LogP) is 5.32. The second kappa shape index (κ2) is 13.3. The van der Waals surface area contributed by atoms with Crippen LogP contribution in [0, 0.1) is 0 Å². The summed E-state index contributed by atoms with van der Waals surface area (Å²) in [6.45, 7) is 4.91. The van der Waals surface area contributed by atoms with Crippen LogP contribution in [0.1, 0.15) is 32.8 Å². The van der Waals surface area contributed by atoms with E-state index >= 15 is 0 Å². The van der Waals surface area contributed by atoms with Gasteiger partial charge in [0.15, 0.2) is 12.2 Å². The Labute approximate surface area is 237 Å². The van der Waals surface area contributed by atoms with Gasteiger partial charge in [0.05, 0.1) is 40.8 Å². The van der Waals surface area contributed by atoms with Crippen LogP contribution in [0.4, 0.5) is 10.5 Å². The van der Waals surface area contributed by atoms with Gasteiger partial charge in [0.1, 0.15) is 11.9 Å². The third kappa shape index (κ3) is 8.69. The number of rotatable bonds is 12. The molecule has 0 bridgehead atoms. The minimum Gasteiger partial charge on any atom is -0.444 e. The summed E-state index contributed by atoms with van der Waals surface area (Å²) in [5.74, 6) is 0.287. The molecule has 3 rings (SSSR count). The molecule has 1 amide bonds. The van der Waals surface area contributed by atoms with Crippen molar-refractivity contribution in [3.05, 3.63) is 70.7 Å². The number of benzene rings is 2. The van der Waals surface area contributed by atoms with Crippen molar-refractivity contribution < 1.29 is 27.2 Å². The zero-order chi connectivity index (χ0) is 28.6. The first-order chi connectivity index (χ1) is 18.4. The SMILES string of the molecule is CC(C)(C)OC(=O)N(CC=O)NCCCS(=O)(=O)N(Cc1cccc(Cl)c1Cl)c1ccc(-c2cnco2)cc1. The van der Waals surface area contributed by atoms with Crippen LogP contribution in [0.15, 0.2) is 59.5 Å². The lowest BCUT2D eigenvalue weighted by Crippen LogP contribution is -2.47. The second-order valence-corrected chi connectivity index (χ2v) is 12.3. The highest BCUT2D eigenvalue weighted by atomic mass is 35.5. The van der Waals surface area contributed by atoms with Gasteiger partial charge in [-0.25, -0.2) is 28.6 Å². The van der Waals surface area contributed by atoms with Gasteiger partial charge in [-0.05, 0) is 63.1 Å². The van der Waals surface area contributed by atoms with Crippen molar-refractivity contribution in [1.29, 1.82) is 0 Å². The van der Waals surface area contributed by atoms with Gasteiger partial charge in [0.25, 0.3) is 0 Å². The van der Waals surface area contributed by atoms with Crippen LogP contribution in [0.25, 0.3) is 11.3 Å². The van der Waals surface area contributed by atoms with Crippen molar-refractivity contribution in [2.24, 2.45) is 0 Å². The van der Waals surface area contributed by atoms with Gasteiger partial charge >= 0.3 is 6.09 Å². The number of nitrogens with zero attached hydrogens (tertiary/aromatic N) is 3. The Balaban J connectivity index is 1.77. The number of carbonyl (C=O) groups excluding carboxylic acids is 2. The van der Waals surface area contributed by atoms with Crippen LogP contribution in [-0.4, -0.2) is 55.2 Å². The monoisotopic (exact) mass is 596 g/mol. The lowest BCUT2D eigenvalue weighted by Gasteiger charge is -2.27. The Bertz CT molecular complexity index is 1360. The zero-order valence-electron chi connectivity index (χ0n) is 21.8. The van der Waals surface area contributed by atoms with E-state index in [1.165, 1.54) is 10.7 Å². The summed E-state index contributed by atoms with van der Waals surface area (Å²) in [7, 11) is -3.88. The van der Waals surface area contributed by atoms with Crippen molar-refractivity contribution >= 4 is 51.3 Å². The quantitative estimate of drug-likeness (QED) is 0.169. The molecule has 39 heavy (non-hydrogen) atoms. The molecule has 0 unspecified atom stereocenters. The number of aromatic nitrogens is 1. The maximum Gasteiger partial charge on any atom is 0.425 e. The van der Waals surface area contributed by atoms with Gasteiger partial charge in [0.2, 0.25) is 10.0 Å². The van der Waals surface area contributed by atoms with Crippen LogP contribution in [-0.2, 0) is 26.1 Å². The number of sulfonamides is 1. The van der Waals surface area contributed by atoms with Crippen molar-refractivity contribution in [3.63, 3.8) is 0 Å². The third-order valence-electron chi connectivity index (χ3n) is 5.31. The lowest BCUT2D eigenvalue weighted by atomic mass is 10.1. The fourth-order valence-electron chi connectivity index (χ4n) is 3.50. The third-order valence-corrected chi connectivity index (χ3v) is 7.98. The summed E-state index contributed by atoms with van der Waals surface area (Å²) >= 11 is 12.5. The predicted molar refractivity (Wildman–Crippen MR) is 150 cm³/mol. The Morgan fingerprint density at radius 1 is 1.15 bits per heavy atom. The minimum absolute atomic E-state index is 0.0496. The molecule has 13 heteroatoms. The number of hydrazine groups is 1. The Kier molecular flexibility index (Phi) is 10.4. The number of oxazole rings is 1. The highest BCUT2D eigenvalue weighted by Gasteiger charge is 2.25. The van der Waals surface area contributed by atoms with E-state index < -0.39 is 21.7 Å². The molecule has 0 saturated heterocycles. The number of amides is 1. The van der Waals surface area contributed by atoms with E-state index in [2.05, 4.69) is 10.4 Å². The molecule has 0 atom stereocenters. The normalized spacial score (nSPS) is 11.7. The maximum atomic E-state index is 13.6. The molecule has 1 heterocycles. The van der Waals surface area contributed by atoms with Crippen LogP contribution < -0.4 is 9.73 Å². The Morgan fingerprint density at radius 2 is 1.87 bits per heavy atom. The standard InChI is InChI=1S/C26H30Cl2N4O6S/c1-26(2,3)38-25(34)31(13-14-33)30-12-5-15-39(35,36)32(17-20-6-4-7-22(27)24(20)28)21-10-8-19(9-11-21)23-16-29-18-37-23/h4,6-11,14,16,18,30H,5,12-13,15,17H2,1-3H3. The summed E-state index contributed by atoms with van der Waals surface area (Å²) < 4.78 is 39.0. The van der Waals surface area contributed by atoms with Crippen LogP contribution in [0.3, 0.4) is 0 Å². The van der Waals surface area contributed by atoms with Crippen molar-refractivity contribution in [1.82, 2.24) is 15.4 Å². The zero-order valence-corrected chi connectivity index (χ0v) is 24.1. The number of hydrogen-bond donors (Lipinski definition) is 1. The van der Waals surface area contributed by atoms with Gasteiger partial charge in [-0.15, -0.1) is 0 Å². The molecule has 1 N–H and O–H groups in total. The van der Waals surface area contributed by atoms with Crippen molar-refractivity contribution in [2.75, 3.05) is 23.1 Å². The van der Waals surface area contributed by atoms with E-state index in [9.17, 15) is 18.0 Å². The number of anilines is 1. The molecule has 0 saturated carbocycles. The van der Waals surface area contributed by atoms with E-state index in [4.69, 9.17) is 32.4 Å². The molecular formula is C26H30Cl2N4O6S. The number of nitrogens with one attached hydrogen (secondary N) is 1. The molecule has 0 spiro atoms. The highest BCUT2D eigenvalue weighted by Crippen LogP contribution is 2.31. The molecule has 1 aromatic heterocycles. The largest absolute Gasteiger partial charge is 0.444 e. The number of carbonyl (C=O) groups is 2. The molecule has 210 valence electrons. The summed E-state index contributed by atoms with van der Waals surface area (Å²) in [4.78, 5) is 27.3. The number of hydrogen-bond acceptors (Lipinski definition) is 8. The van der Waals surface area contributed by atoms with Gasteiger partial charge in [0, 0.05) is 12.1 Å². The molecule has 0 radical (unpaired) electrons. The Hall–Kier alpha value is -3.12. The van der Waals surface area contributed by atoms with Crippen molar-refractivity contribution in [2.45, 2.75) is 39.3 Å². The molecule has 3 aromatic rings. The maximum absolute atomic E-state index is 13.6. The summed E-state index contributed by atoms with van der Waals surface area (Å²) in [6, 6.07) is 11.8. The minimum atomic E-state index is -3.88. The fourth-order valence-corrected chi connectivity index (χ4v) is 5.39. The first-order valence-corrected chi connectivity index (χ1v) is 14.4. The number of ether oxygens (including phenoxy) is 1. The molecule has 0 aliphatic heterocycles. The fraction of sp³-hybridized carbons (Fsp3) is 0.346. The van der Waals surface area contributed by atoms with E-state index in [1.807, 2.05) is 0 Å². The van der Waals surface area contributed by atoms with E-state index in [-0.39, 0.29) is 36.8 Å². The highest BCUT2D eigenvalue weighted by molar-refractivity contribution is 7.92. The molecule has 0 aliphatic rings. The molecule has 0 aliphatic carbocycles. The molecule has 10 nitrogen and oxygen atoms in total. The number of aldehydes is 1. The number of halogens is 2.